The van der Waals surface area contributed by atoms with E-state index in [1.54, 1.807) is 13.3 Å². The van der Waals surface area contributed by atoms with E-state index in [2.05, 4.69) is 16.8 Å². The predicted octanol–water partition coefficient (Wildman–Crippen LogP) is 1.30. The lowest BCUT2D eigenvalue weighted by Gasteiger charge is -2.23. The molecule has 0 aliphatic heterocycles. The van der Waals surface area contributed by atoms with Gasteiger partial charge in [0, 0.05) is 25.9 Å². The highest BCUT2D eigenvalue weighted by Crippen LogP contribution is 2.24. The molecule has 0 saturated heterocycles. The molecule has 0 aliphatic carbocycles. The Labute approximate surface area is 90.5 Å². The van der Waals surface area contributed by atoms with Crippen LogP contribution >= 0.6 is 0 Å². The van der Waals surface area contributed by atoms with Crippen LogP contribution in [-0.4, -0.2) is 36.9 Å². The van der Waals surface area contributed by atoms with Crippen molar-refractivity contribution in [3.63, 3.8) is 0 Å². The average Bonchev–Trinajstić information content (AvgIpc) is 2.30. The molecule has 0 aromatic carbocycles. The number of aromatic nitrogens is 1. The van der Waals surface area contributed by atoms with Gasteiger partial charge in [0.1, 0.15) is 0 Å². The van der Waals surface area contributed by atoms with Gasteiger partial charge in [-0.1, -0.05) is 0 Å². The Hall–Kier alpha value is -1.29. The van der Waals surface area contributed by atoms with Gasteiger partial charge in [-0.15, -0.1) is 0 Å². The van der Waals surface area contributed by atoms with Gasteiger partial charge in [-0.25, -0.2) is 4.98 Å². The van der Waals surface area contributed by atoms with E-state index in [0.717, 1.165) is 31.1 Å². The lowest BCUT2D eigenvalue weighted by molar-refractivity contribution is 0.289. The van der Waals surface area contributed by atoms with E-state index in [1.807, 2.05) is 12.1 Å². The molecule has 0 unspecified atom stereocenters. The Morgan fingerprint density at radius 3 is 2.93 bits per heavy atom. The average molecular weight is 210 g/mol. The van der Waals surface area contributed by atoms with Gasteiger partial charge >= 0.3 is 0 Å². The number of hydrogen-bond donors (Lipinski definition) is 1. The van der Waals surface area contributed by atoms with E-state index in [4.69, 9.17) is 9.84 Å². The summed E-state index contributed by atoms with van der Waals surface area (Å²) in [5.74, 6) is 1.62. The smallest absolute Gasteiger partial charge is 0.171 e. The minimum absolute atomic E-state index is 0.200. The Morgan fingerprint density at radius 2 is 2.33 bits per heavy atom. The van der Waals surface area contributed by atoms with E-state index in [1.165, 1.54) is 0 Å². The zero-order chi connectivity index (χ0) is 11.1. The van der Waals surface area contributed by atoms with Gasteiger partial charge in [-0.05, 0) is 25.5 Å². The van der Waals surface area contributed by atoms with Gasteiger partial charge in [0.2, 0.25) is 0 Å². The van der Waals surface area contributed by atoms with E-state index in [0.29, 0.717) is 0 Å². The van der Waals surface area contributed by atoms with Crippen LogP contribution in [0.15, 0.2) is 18.3 Å². The third-order valence-corrected chi connectivity index (χ3v) is 2.24. The van der Waals surface area contributed by atoms with Crippen molar-refractivity contribution in [3.05, 3.63) is 18.3 Å². The maximum absolute atomic E-state index is 8.81. The van der Waals surface area contributed by atoms with Crippen LogP contribution in [0.1, 0.15) is 13.3 Å². The van der Waals surface area contributed by atoms with Crippen LogP contribution in [0.5, 0.6) is 5.75 Å². The van der Waals surface area contributed by atoms with Gasteiger partial charge in [0.15, 0.2) is 11.6 Å². The molecule has 0 spiro atoms. The molecule has 0 saturated carbocycles. The summed E-state index contributed by atoms with van der Waals surface area (Å²) in [5.41, 5.74) is 0. The number of hydrogen-bond acceptors (Lipinski definition) is 4. The highest BCUT2D eigenvalue weighted by atomic mass is 16.5. The number of rotatable bonds is 6. The fourth-order valence-electron chi connectivity index (χ4n) is 1.45. The fraction of sp³-hybridized carbons (Fsp3) is 0.545. The summed E-state index contributed by atoms with van der Waals surface area (Å²) >= 11 is 0. The molecule has 4 nitrogen and oxygen atoms in total. The molecule has 0 atom stereocenters. The Kier molecular flexibility index (Phi) is 4.90. The number of methoxy groups -OCH3 is 1. The molecule has 15 heavy (non-hydrogen) atoms. The van der Waals surface area contributed by atoms with Crippen molar-refractivity contribution in [3.8, 4) is 5.75 Å². The van der Waals surface area contributed by atoms with Crippen LogP contribution in [0, 0.1) is 0 Å². The van der Waals surface area contributed by atoms with E-state index in [9.17, 15) is 0 Å². The fourth-order valence-corrected chi connectivity index (χ4v) is 1.45. The number of aliphatic hydroxyl groups excluding tert-OH is 1. The minimum Gasteiger partial charge on any atom is -0.493 e. The van der Waals surface area contributed by atoms with Crippen molar-refractivity contribution >= 4 is 5.82 Å². The molecule has 0 radical (unpaired) electrons. The molecule has 1 heterocycles. The van der Waals surface area contributed by atoms with Crippen molar-refractivity contribution in [1.29, 1.82) is 0 Å². The summed E-state index contributed by atoms with van der Waals surface area (Å²) in [7, 11) is 1.64. The molecule has 0 aliphatic rings. The second kappa shape index (κ2) is 6.24. The van der Waals surface area contributed by atoms with Crippen molar-refractivity contribution in [2.45, 2.75) is 13.3 Å². The van der Waals surface area contributed by atoms with Crippen LogP contribution in [0.4, 0.5) is 5.82 Å². The highest BCUT2D eigenvalue weighted by molar-refractivity contribution is 5.51. The van der Waals surface area contributed by atoms with Crippen molar-refractivity contribution < 1.29 is 9.84 Å². The molecule has 0 amide bonds. The summed E-state index contributed by atoms with van der Waals surface area (Å²) in [4.78, 5) is 6.39. The van der Waals surface area contributed by atoms with Crippen LogP contribution < -0.4 is 9.64 Å². The van der Waals surface area contributed by atoms with Crippen LogP contribution in [0.2, 0.25) is 0 Å². The topological polar surface area (TPSA) is 45.6 Å². The van der Waals surface area contributed by atoms with Gasteiger partial charge in [0.05, 0.1) is 7.11 Å². The van der Waals surface area contributed by atoms with Gasteiger partial charge in [0.25, 0.3) is 0 Å². The van der Waals surface area contributed by atoms with Gasteiger partial charge < -0.3 is 14.7 Å². The first kappa shape index (κ1) is 11.8. The van der Waals surface area contributed by atoms with Gasteiger partial charge in [-0.2, -0.15) is 0 Å². The molecule has 4 heteroatoms. The molecule has 1 rings (SSSR count). The number of pyridine rings is 1. The Bertz CT molecular complexity index is 292. The predicted molar refractivity (Wildman–Crippen MR) is 60.4 cm³/mol. The second-order valence-corrected chi connectivity index (χ2v) is 3.19. The zero-order valence-corrected chi connectivity index (χ0v) is 9.31. The van der Waals surface area contributed by atoms with E-state index < -0.39 is 0 Å². The first-order chi connectivity index (χ1) is 7.33. The van der Waals surface area contributed by atoms with Gasteiger partial charge in [-0.3, -0.25) is 0 Å². The molecule has 0 fully saturated rings. The number of aliphatic hydroxyl groups is 1. The minimum atomic E-state index is 0.200. The standard InChI is InChI=1S/C11H18N2O2/c1-3-13(8-5-9-14)11-10(15-2)6-4-7-12-11/h4,6-7,14H,3,5,8-9H2,1-2H3. The molecular formula is C11H18N2O2. The maximum Gasteiger partial charge on any atom is 0.171 e. The van der Waals surface area contributed by atoms with Crippen LogP contribution in [-0.2, 0) is 0 Å². The number of ether oxygens (including phenoxy) is 1. The molecule has 0 bridgehead atoms. The largest absolute Gasteiger partial charge is 0.493 e. The third-order valence-electron chi connectivity index (χ3n) is 2.24. The molecule has 1 N–H and O–H groups in total. The highest BCUT2D eigenvalue weighted by Gasteiger charge is 2.10. The number of nitrogens with zero attached hydrogens (tertiary/aromatic N) is 2. The summed E-state index contributed by atoms with van der Waals surface area (Å²) in [6.45, 7) is 3.91. The second-order valence-electron chi connectivity index (χ2n) is 3.19. The van der Waals surface area contributed by atoms with Crippen molar-refractivity contribution in [2.75, 3.05) is 31.7 Å². The molecule has 84 valence electrons. The molecular weight excluding hydrogens is 192 g/mol. The molecule has 1 aromatic heterocycles. The van der Waals surface area contributed by atoms with Crippen LogP contribution in [0.25, 0.3) is 0 Å². The van der Waals surface area contributed by atoms with Crippen LogP contribution in [0.3, 0.4) is 0 Å². The Balaban J connectivity index is 2.80. The van der Waals surface area contributed by atoms with E-state index >= 15 is 0 Å². The monoisotopic (exact) mass is 210 g/mol. The summed E-state index contributed by atoms with van der Waals surface area (Å²) in [5, 5.41) is 8.81. The quantitative estimate of drug-likeness (QED) is 0.768. The summed E-state index contributed by atoms with van der Waals surface area (Å²) < 4.78 is 5.24. The lowest BCUT2D eigenvalue weighted by Crippen LogP contribution is -2.26. The first-order valence-corrected chi connectivity index (χ1v) is 5.18. The normalized spacial score (nSPS) is 10.1. The molecule has 1 aromatic rings. The lowest BCUT2D eigenvalue weighted by atomic mass is 10.3. The van der Waals surface area contributed by atoms with Crippen molar-refractivity contribution in [1.82, 2.24) is 4.98 Å². The third kappa shape index (κ3) is 3.09. The first-order valence-electron chi connectivity index (χ1n) is 5.18. The van der Waals surface area contributed by atoms with Crippen molar-refractivity contribution in [2.24, 2.45) is 0 Å². The maximum atomic E-state index is 8.81. The Morgan fingerprint density at radius 1 is 1.53 bits per heavy atom. The number of anilines is 1. The SMILES string of the molecule is CCN(CCCO)c1ncccc1OC. The summed E-state index contributed by atoms with van der Waals surface area (Å²) in [6, 6.07) is 3.74. The van der Waals surface area contributed by atoms with E-state index in [-0.39, 0.29) is 6.61 Å². The summed E-state index contributed by atoms with van der Waals surface area (Å²) in [6.07, 6.45) is 2.49. The zero-order valence-electron chi connectivity index (χ0n) is 9.31.